The highest BCUT2D eigenvalue weighted by molar-refractivity contribution is 5.82. The lowest BCUT2D eigenvalue weighted by molar-refractivity contribution is -0.133. The fourth-order valence-electron chi connectivity index (χ4n) is 5.52. The van der Waals surface area contributed by atoms with Crippen molar-refractivity contribution in [1.29, 1.82) is 0 Å². The van der Waals surface area contributed by atoms with Gasteiger partial charge in [0.15, 0.2) is 0 Å². The normalized spacial score (nSPS) is 25.6. The Kier molecular flexibility index (Phi) is 7.68. The Labute approximate surface area is 191 Å². The molecule has 2 atom stereocenters. The molecule has 2 saturated heterocycles. The largest absolute Gasteiger partial charge is 0.497 e. The molecule has 3 fully saturated rings. The van der Waals surface area contributed by atoms with E-state index in [4.69, 9.17) is 4.74 Å². The maximum Gasteiger partial charge on any atom is 0.237 e. The molecule has 0 unspecified atom stereocenters. The fraction of sp³-hybridized carbons (Fsp3) is 0.680. The lowest BCUT2D eigenvalue weighted by Crippen LogP contribution is -2.53. The van der Waals surface area contributed by atoms with Gasteiger partial charge in [-0.05, 0) is 49.8 Å². The molecule has 2 heterocycles. The first-order valence-electron chi connectivity index (χ1n) is 12.2. The van der Waals surface area contributed by atoms with Crippen LogP contribution in [0.25, 0.3) is 0 Å². The zero-order chi connectivity index (χ0) is 22.5. The molecule has 3 aliphatic rings. The highest BCUT2D eigenvalue weighted by Gasteiger charge is 2.41. The molecule has 0 aromatic heterocycles. The van der Waals surface area contributed by atoms with Crippen LogP contribution >= 0.6 is 0 Å². The summed E-state index contributed by atoms with van der Waals surface area (Å²) in [6.45, 7) is 1.94. The smallest absolute Gasteiger partial charge is 0.237 e. The third-order valence-electron chi connectivity index (χ3n) is 7.37. The van der Waals surface area contributed by atoms with Gasteiger partial charge in [0.1, 0.15) is 5.75 Å². The van der Waals surface area contributed by atoms with E-state index in [-0.39, 0.29) is 29.9 Å². The van der Waals surface area contributed by atoms with E-state index in [1.807, 2.05) is 29.2 Å². The Morgan fingerprint density at radius 3 is 2.41 bits per heavy atom. The number of aliphatic hydroxyl groups excluding tert-OH is 1. The summed E-state index contributed by atoms with van der Waals surface area (Å²) in [6.07, 6.45) is 7.89. The third-order valence-corrected chi connectivity index (χ3v) is 7.37. The summed E-state index contributed by atoms with van der Waals surface area (Å²) >= 11 is 0. The predicted octanol–water partition coefficient (Wildman–Crippen LogP) is 2.11. The van der Waals surface area contributed by atoms with Crippen molar-refractivity contribution < 1.29 is 19.4 Å². The van der Waals surface area contributed by atoms with Gasteiger partial charge in [0.05, 0.1) is 25.7 Å². The van der Waals surface area contributed by atoms with Crippen molar-refractivity contribution >= 4 is 11.8 Å². The maximum absolute atomic E-state index is 13.0. The van der Waals surface area contributed by atoms with Gasteiger partial charge in [0, 0.05) is 31.7 Å². The van der Waals surface area contributed by atoms with Crippen molar-refractivity contribution in [2.75, 3.05) is 26.7 Å². The van der Waals surface area contributed by atoms with Gasteiger partial charge in [-0.1, -0.05) is 31.4 Å². The van der Waals surface area contributed by atoms with Crippen molar-refractivity contribution in [2.24, 2.45) is 0 Å². The van der Waals surface area contributed by atoms with E-state index in [1.54, 1.807) is 7.11 Å². The number of benzene rings is 1. The number of hydrogen-bond donors (Lipinski definition) is 2. The summed E-state index contributed by atoms with van der Waals surface area (Å²) in [6, 6.07) is 7.90. The first-order chi connectivity index (χ1) is 15.5. The molecule has 0 spiro atoms. The predicted molar refractivity (Wildman–Crippen MR) is 122 cm³/mol. The van der Waals surface area contributed by atoms with Gasteiger partial charge in [0.25, 0.3) is 0 Å². The molecule has 4 rings (SSSR count). The van der Waals surface area contributed by atoms with Gasteiger partial charge in [0.2, 0.25) is 11.8 Å². The molecule has 1 aliphatic carbocycles. The van der Waals surface area contributed by atoms with Gasteiger partial charge >= 0.3 is 0 Å². The van der Waals surface area contributed by atoms with E-state index in [1.165, 1.54) is 19.3 Å². The summed E-state index contributed by atoms with van der Waals surface area (Å²) in [5.41, 5.74) is 0.986. The molecule has 2 aliphatic heterocycles. The van der Waals surface area contributed by atoms with Crippen LogP contribution in [0, 0.1) is 0 Å². The van der Waals surface area contributed by atoms with Crippen LogP contribution in [0.3, 0.4) is 0 Å². The number of methoxy groups -OCH3 is 1. The van der Waals surface area contributed by atoms with E-state index in [0.717, 1.165) is 37.0 Å². The third kappa shape index (κ3) is 5.62. The van der Waals surface area contributed by atoms with Gasteiger partial charge in [-0.25, -0.2) is 0 Å². The van der Waals surface area contributed by atoms with E-state index in [9.17, 15) is 14.7 Å². The first-order valence-corrected chi connectivity index (χ1v) is 12.2. The molecule has 1 aromatic carbocycles. The zero-order valence-corrected chi connectivity index (χ0v) is 19.2. The molecule has 32 heavy (non-hydrogen) atoms. The van der Waals surface area contributed by atoms with Crippen molar-refractivity contribution in [1.82, 2.24) is 15.1 Å². The van der Waals surface area contributed by atoms with Crippen molar-refractivity contribution in [2.45, 2.75) is 82.0 Å². The summed E-state index contributed by atoms with van der Waals surface area (Å²) in [5.74, 6) is 1.00. The Morgan fingerprint density at radius 1 is 1.06 bits per heavy atom. The summed E-state index contributed by atoms with van der Waals surface area (Å²) in [5, 5.41) is 13.5. The molecule has 2 N–H and O–H groups in total. The van der Waals surface area contributed by atoms with Crippen molar-refractivity contribution in [3.8, 4) is 5.75 Å². The van der Waals surface area contributed by atoms with Crippen LogP contribution in [0.1, 0.15) is 56.9 Å². The number of likely N-dealkylation sites (tertiary alicyclic amines) is 2. The molecule has 1 saturated carbocycles. The van der Waals surface area contributed by atoms with E-state index in [2.05, 4.69) is 10.2 Å². The minimum Gasteiger partial charge on any atom is -0.497 e. The fourth-order valence-corrected chi connectivity index (χ4v) is 5.52. The topological polar surface area (TPSA) is 82.1 Å². The number of hydrogen-bond acceptors (Lipinski definition) is 5. The quantitative estimate of drug-likeness (QED) is 0.704. The van der Waals surface area contributed by atoms with Crippen LogP contribution < -0.4 is 10.1 Å². The Morgan fingerprint density at radius 2 is 1.75 bits per heavy atom. The second-order valence-electron chi connectivity index (χ2n) is 9.58. The maximum atomic E-state index is 13.0. The van der Waals surface area contributed by atoms with Crippen LogP contribution in [0.5, 0.6) is 5.75 Å². The highest BCUT2D eigenvalue weighted by Crippen LogP contribution is 2.28. The lowest BCUT2D eigenvalue weighted by Gasteiger charge is -2.39. The van der Waals surface area contributed by atoms with Crippen LogP contribution in [0.15, 0.2) is 24.3 Å². The average molecular weight is 444 g/mol. The SMILES string of the molecule is COc1ccc(CC(=O)N2CCC(N3C[C@H](O)C[C@H]3C(=O)NC3CCCCC3)CC2)cc1. The van der Waals surface area contributed by atoms with Crippen molar-refractivity contribution in [3.63, 3.8) is 0 Å². The molecule has 7 heteroatoms. The minimum atomic E-state index is -0.452. The van der Waals surface area contributed by atoms with Crippen LogP contribution in [-0.4, -0.2) is 77.7 Å². The van der Waals surface area contributed by atoms with E-state index < -0.39 is 6.10 Å². The second kappa shape index (κ2) is 10.7. The molecule has 0 radical (unpaired) electrons. The molecule has 1 aromatic rings. The minimum absolute atomic E-state index is 0.0754. The average Bonchev–Trinajstić information content (AvgIpc) is 3.22. The van der Waals surface area contributed by atoms with Gasteiger partial charge in [-0.2, -0.15) is 0 Å². The number of carbonyl (C=O) groups is 2. The Bertz CT molecular complexity index is 770. The molecular formula is C25H37N3O4. The van der Waals surface area contributed by atoms with Crippen LogP contribution in [0.4, 0.5) is 0 Å². The molecule has 7 nitrogen and oxygen atoms in total. The van der Waals surface area contributed by atoms with Gasteiger partial charge in [-0.3, -0.25) is 14.5 Å². The number of β-amino-alcohol motifs (C(OH)–C–C–N with tert-alkyl or cyclic N) is 1. The second-order valence-corrected chi connectivity index (χ2v) is 9.58. The van der Waals surface area contributed by atoms with Gasteiger partial charge in [-0.15, -0.1) is 0 Å². The van der Waals surface area contributed by atoms with Crippen molar-refractivity contribution in [3.05, 3.63) is 29.8 Å². The molecule has 176 valence electrons. The summed E-state index contributed by atoms with van der Waals surface area (Å²) < 4.78 is 5.18. The van der Waals surface area contributed by atoms with Crippen LogP contribution in [-0.2, 0) is 16.0 Å². The first kappa shape index (κ1) is 23.1. The number of rotatable bonds is 6. The molecule has 0 bridgehead atoms. The van der Waals surface area contributed by atoms with E-state index in [0.29, 0.717) is 32.5 Å². The number of amides is 2. The number of nitrogens with zero attached hydrogens (tertiary/aromatic N) is 2. The standard InChI is InChI=1S/C25H37N3O4/c1-32-22-9-7-18(8-10-22)15-24(30)27-13-11-20(12-14-27)28-17-21(29)16-23(28)25(31)26-19-5-3-2-4-6-19/h7-10,19-21,23,29H,2-6,11-17H2,1H3,(H,26,31)/t21-,23+/m1/s1. The number of piperidine rings is 1. The van der Waals surface area contributed by atoms with Gasteiger partial charge < -0.3 is 20.1 Å². The summed E-state index contributed by atoms with van der Waals surface area (Å²) in [4.78, 5) is 29.9. The Balaban J connectivity index is 1.28. The zero-order valence-electron chi connectivity index (χ0n) is 19.2. The number of ether oxygens (including phenoxy) is 1. The number of nitrogens with one attached hydrogen (secondary N) is 1. The molecular weight excluding hydrogens is 406 g/mol. The molecule has 2 amide bonds. The van der Waals surface area contributed by atoms with E-state index >= 15 is 0 Å². The Hall–Kier alpha value is -2.12. The number of carbonyl (C=O) groups excluding carboxylic acids is 2. The summed E-state index contributed by atoms with van der Waals surface area (Å²) in [7, 11) is 1.63. The number of aliphatic hydroxyl groups is 1. The van der Waals surface area contributed by atoms with Crippen LogP contribution in [0.2, 0.25) is 0 Å². The monoisotopic (exact) mass is 443 g/mol. The highest BCUT2D eigenvalue weighted by atomic mass is 16.5. The lowest BCUT2D eigenvalue weighted by atomic mass is 9.95.